The van der Waals surface area contributed by atoms with Crippen LogP contribution < -0.4 is 16.0 Å². The number of carbonyl (C=O) groups excluding carboxylic acids is 2. The Labute approximate surface area is 193 Å². The summed E-state index contributed by atoms with van der Waals surface area (Å²) in [4.78, 5) is 33.7. The van der Waals surface area contributed by atoms with Crippen molar-refractivity contribution in [3.63, 3.8) is 0 Å². The van der Waals surface area contributed by atoms with Crippen LogP contribution in [0.25, 0.3) is 0 Å². The number of amides is 2. The van der Waals surface area contributed by atoms with Gasteiger partial charge >= 0.3 is 0 Å². The van der Waals surface area contributed by atoms with E-state index in [-0.39, 0.29) is 11.8 Å². The van der Waals surface area contributed by atoms with Crippen LogP contribution in [0.1, 0.15) is 25.6 Å². The van der Waals surface area contributed by atoms with Crippen LogP contribution in [-0.4, -0.2) is 21.8 Å². The van der Waals surface area contributed by atoms with E-state index < -0.39 is 0 Å². The first-order chi connectivity index (χ1) is 15.5. The molecular formula is C23H18ClN5O2S. The monoisotopic (exact) mass is 463 g/mol. The van der Waals surface area contributed by atoms with Gasteiger partial charge in [0.2, 0.25) is 0 Å². The lowest BCUT2D eigenvalue weighted by Gasteiger charge is -2.09. The zero-order chi connectivity index (χ0) is 22.5. The van der Waals surface area contributed by atoms with Crippen LogP contribution >= 0.6 is 22.9 Å². The lowest BCUT2D eigenvalue weighted by Crippen LogP contribution is -2.12. The minimum atomic E-state index is -0.294. The van der Waals surface area contributed by atoms with Crippen molar-refractivity contribution in [3.8, 4) is 0 Å². The van der Waals surface area contributed by atoms with Gasteiger partial charge in [0.1, 0.15) is 4.88 Å². The van der Waals surface area contributed by atoms with E-state index in [2.05, 4.69) is 25.9 Å². The number of aromatic nitrogens is 2. The molecule has 0 aliphatic heterocycles. The summed E-state index contributed by atoms with van der Waals surface area (Å²) in [7, 11) is 0. The molecule has 7 nitrogen and oxygen atoms in total. The molecule has 0 bridgehead atoms. The normalized spacial score (nSPS) is 10.4. The fourth-order valence-electron chi connectivity index (χ4n) is 2.90. The minimum Gasteiger partial charge on any atom is -0.332 e. The Morgan fingerprint density at radius 1 is 0.938 bits per heavy atom. The Balaban J connectivity index is 1.44. The number of aryl methyl sites for hydroxylation is 1. The number of pyridine rings is 1. The number of halogens is 1. The van der Waals surface area contributed by atoms with Crippen LogP contribution in [0.2, 0.25) is 5.02 Å². The van der Waals surface area contributed by atoms with Gasteiger partial charge in [-0.1, -0.05) is 41.1 Å². The van der Waals surface area contributed by atoms with Gasteiger partial charge in [0.05, 0.1) is 16.9 Å². The van der Waals surface area contributed by atoms with Crippen molar-refractivity contribution < 1.29 is 9.59 Å². The maximum atomic E-state index is 12.6. The Bertz CT molecular complexity index is 1260. The molecule has 4 aromatic rings. The van der Waals surface area contributed by atoms with Crippen molar-refractivity contribution in [1.82, 2.24) is 9.97 Å². The van der Waals surface area contributed by atoms with Gasteiger partial charge in [-0.15, -0.1) is 0 Å². The highest BCUT2D eigenvalue weighted by Gasteiger charge is 2.14. The predicted molar refractivity (Wildman–Crippen MR) is 128 cm³/mol. The highest BCUT2D eigenvalue weighted by Crippen LogP contribution is 2.28. The van der Waals surface area contributed by atoms with Crippen molar-refractivity contribution in [2.24, 2.45) is 0 Å². The first-order valence-electron chi connectivity index (χ1n) is 9.60. The third-order valence-electron chi connectivity index (χ3n) is 4.50. The largest absolute Gasteiger partial charge is 0.332 e. The third kappa shape index (κ3) is 5.11. The van der Waals surface area contributed by atoms with Crippen molar-refractivity contribution in [2.45, 2.75) is 6.92 Å². The quantitative estimate of drug-likeness (QED) is 0.338. The summed E-state index contributed by atoms with van der Waals surface area (Å²) in [5, 5.41) is 9.79. The first kappa shape index (κ1) is 21.5. The predicted octanol–water partition coefficient (Wildman–Crippen LogP) is 5.75. The molecule has 0 saturated heterocycles. The second-order valence-corrected chi connectivity index (χ2v) is 8.25. The zero-order valence-corrected chi connectivity index (χ0v) is 18.5. The number of anilines is 4. The van der Waals surface area contributed by atoms with Gasteiger partial charge in [-0.2, -0.15) is 0 Å². The highest BCUT2D eigenvalue weighted by atomic mass is 35.5. The van der Waals surface area contributed by atoms with Gasteiger partial charge in [-0.25, -0.2) is 4.98 Å². The average Bonchev–Trinajstić information content (AvgIpc) is 3.26. The molecule has 2 aromatic heterocycles. The molecule has 0 unspecified atom stereocenters. The molecule has 0 saturated carbocycles. The summed E-state index contributed by atoms with van der Waals surface area (Å²) in [6, 6.07) is 15.9. The van der Waals surface area contributed by atoms with E-state index in [0.717, 1.165) is 5.56 Å². The minimum absolute atomic E-state index is 0.242. The van der Waals surface area contributed by atoms with Crippen LogP contribution in [0.4, 0.5) is 22.2 Å². The molecular weight excluding hydrogens is 446 g/mol. The molecule has 0 fully saturated rings. The topological polar surface area (TPSA) is 96.0 Å². The van der Waals surface area contributed by atoms with Crippen LogP contribution in [-0.2, 0) is 0 Å². The van der Waals surface area contributed by atoms with Crippen molar-refractivity contribution in [2.75, 3.05) is 16.0 Å². The Kier molecular flexibility index (Phi) is 6.44. The smallest absolute Gasteiger partial charge is 0.267 e. The summed E-state index contributed by atoms with van der Waals surface area (Å²) in [6.45, 7) is 1.87. The zero-order valence-electron chi connectivity index (χ0n) is 16.9. The van der Waals surface area contributed by atoms with Gasteiger partial charge in [-0.05, 0) is 48.9 Å². The number of nitrogens with one attached hydrogen (secondary N) is 3. The summed E-state index contributed by atoms with van der Waals surface area (Å²) in [5.74, 6) is -0.536. The van der Waals surface area contributed by atoms with E-state index in [1.165, 1.54) is 17.5 Å². The summed E-state index contributed by atoms with van der Waals surface area (Å²) in [6.07, 6.45) is 4.71. The summed E-state index contributed by atoms with van der Waals surface area (Å²) in [5.41, 5.74) is 3.27. The fourth-order valence-corrected chi connectivity index (χ4v) is 3.90. The van der Waals surface area contributed by atoms with Crippen LogP contribution in [0, 0.1) is 6.92 Å². The van der Waals surface area contributed by atoms with Crippen molar-refractivity contribution >= 4 is 56.9 Å². The van der Waals surface area contributed by atoms with E-state index >= 15 is 0 Å². The molecule has 0 spiro atoms. The molecule has 9 heteroatoms. The molecule has 160 valence electrons. The molecule has 2 heterocycles. The molecule has 0 aliphatic rings. The summed E-state index contributed by atoms with van der Waals surface area (Å²) < 4.78 is 0. The van der Waals surface area contributed by atoms with Gasteiger partial charge in [0, 0.05) is 29.3 Å². The molecule has 2 aromatic carbocycles. The van der Waals surface area contributed by atoms with E-state index in [4.69, 9.17) is 11.6 Å². The van der Waals surface area contributed by atoms with Crippen molar-refractivity contribution in [3.05, 3.63) is 94.2 Å². The van der Waals surface area contributed by atoms with Crippen LogP contribution in [0.15, 0.2) is 73.2 Å². The van der Waals surface area contributed by atoms with E-state index in [1.807, 2.05) is 25.1 Å². The molecule has 32 heavy (non-hydrogen) atoms. The van der Waals surface area contributed by atoms with E-state index in [9.17, 15) is 9.59 Å². The number of hydrogen-bond acceptors (Lipinski definition) is 6. The van der Waals surface area contributed by atoms with Gasteiger partial charge < -0.3 is 16.0 Å². The molecule has 0 aliphatic carbocycles. The standard InChI is InChI=1S/C23H18ClN5O2S/c1-14-4-2-7-18(24)20(14)29-22(31)19-13-26-23(32-19)28-17-6-3-5-15(12-17)21(30)27-16-8-10-25-11-9-16/h2-13H,1H3,(H,26,28)(H,29,31)(H,25,27,30). The molecule has 0 radical (unpaired) electrons. The number of para-hydroxylation sites is 1. The van der Waals surface area contributed by atoms with E-state index in [1.54, 1.807) is 48.8 Å². The van der Waals surface area contributed by atoms with Crippen molar-refractivity contribution in [1.29, 1.82) is 0 Å². The third-order valence-corrected chi connectivity index (χ3v) is 5.73. The van der Waals surface area contributed by atoms with E-state index in [0.29, 0.717) is 37.7 Å². The molecule has 2 amide bonds. The lowest BCUT2D eigenvalue weighted by molar-refractivity contribution is 0.102. The maximum absolute atomic E-state index is 12.6. The molecule has 3 N–H and O–H groups in total. The summed E-state index contributed by atoms with van der Waals surface area (Å²) >= 11 is 7.39. The molecule has 4 rings (SSSR count). The number of rotatable bonds is 6. The lowest BCUT2D eigenvalue weighted by atomic mass is 10.2. The van der Waals surface area contributed by atoms with Crippen LogP contribution in [0.5, 0.6) is 0 Å². The Morgan fingerprint density at radius 3 is 2.50 bits per heavy atom. The number of carbonyl (C=O) groups is 2. The number of hydrogen-bond donors (Lipinski definition) is 3. The SMILES string of the molecule is Cc1cccc(Cl)c1NC(=O)c1cnc(Nc2cccc(C(=O)Nc3ccncc3)c2)s1. The van der Waals surface area contributed by atoms with Gasteiger partial charge in [0.15, 0.2) is 5.13 Å². The fraction of sp³-hybridized carbons (Fsp3) is 0.0435. The average molecular weight is 464 g/mol. The first-order valence-corrected chi connectivity index (χ1v) is 10.8. The Morgan fingerprint density at radius 2 is 1.72 bits per heavy atom. The van der Waals surface area contributed by atoms with Gasteiger partial charge in [-0.3, -0.25) is 14.6 Å². The number of benzene rings is 2. The Hall–Kier alpha value is -3.75. The highest BCUT2D eigenvalue weighted by molar-refractivity contribution is 7.17. The molecule has 0 atom stereocenters. The second kappa shape index (κ2) is 9.59. The number of nitrogens with zero attached hydrogens (tertiary/aromatic N) is 2. The van der Waals surface area contributed by atoms with Crippen LogP contribution in [0.3, 0.4) is 0 Å². The van der Waals surface area contributed by atoms with Gasteiger partial charge in [0.25, 0.3) is 11.8 Å². The number of thiazole rings is 1. The second-order valence-electron chi connectivity index (χ2n) is 6.81. The maximum Gasteiger partial charge on any atom is 0.267 e.